The third-order valence-electron chi connectivity index (χ3n) is 0. The Morgan fingerprint density at radius 1 is 0.722 bits per heavy atom. The summed E-state index contributed by atoms with van der Waals surface area (Å²) in [5.41, 5.74) is 0. The van der Waals surface area contributed by atoms with Gasteiger partial charge in [0.1, 0.15) is 0 Å². The second-order valence-electron chi connectivity index (χ2n) is 2.05. The van der Waals surface area contributed by atoms with E-state index in [1.165, 1.54) is 0 Å². The molecule has 0 atom stereocenters. The van der Waals surface area contributed by atoms with Crippen LogP contribution in [0.4, 0.5) is 0 Å². The van der Waals surface area contributed by atoms with Crippen LogP contribution in [0.15, 0.2) is 0 Å². The van der Waals surface area contributed by atoms with Crippen molar-refractivity contribution >= 4 is 23.9 Å². The molecule has 0 saturated carbocycles. The van der Waals surface area contributed by atoms with E-state index in [1.807, 2.05) is 0 Å². The number of carbonyl (C=O) groups is 4. The van der Waals surface area contributed by atoms with Crippen LogP contribution in [0.2, 0.25) is 0 Å². The number of rotatable bonds is 0. The third kappa shape index (κ3) is 11800. The van der Waals surface area contributed by atoms with Crippen molar-refractivity contribution in [3.63, 3.8) is 0 Å². The number of aliphatic carboxylic acids is 4. The van der Waals surface area contributed by atoms with Crippen molar-refractivity contribution in [3.05, 3.63) is 0 Å². The van der Waals surface area contributed by atoms with E-state index in [2.05, 4.69) is 0 Å². The van der Waals surface area contributed by atoms with E-state index in [0.29, 0.717) is 0 Å². The van der Waals surface area contributed by atoms with Gasteiger partial charge in [0.15, 0.2) is 0 Å². The van der Waals surface area contributed by atoms with Gasteiger partial charge < -0.3 is 31.4 Å². The van der Waals surface area contributed by atoms with Crippen LogP contribution in [-0.2, 0) is 19.2 Å². The van der Waals surface area contributed by atoms with Crippen molar-refractivity contribution < 1.29 is 91.0 Å². The van der Waals surface area contributed by atoms with Crippen molar-refractivity contribution in [3.8, 4) is 0 Å². The first-order valence-electron chi connectivity index (χ1n) is 3.69. The van der Waals surface area contributed by atoms with Crippen LogP contribution in [0.3, 0.4) is 0 Å². The smallest absolute Gasteiger partial charge is 0.550 e. The summed E-state index contributed by atoms with van der Waals surface area (Å²) in [6, 6.07) is 0. The van der Waals surface area contributed by atoms with Gasteiger partial charge in [0.05, 0.1) is 0 Å². The van der Waals surface area contributed by atoms with Gasteiger partial charge in [0, 0.05) is 26.7 Å². The van der Waals surface area contributed by atoms with Crippen LogP contribution in [0.1, 0.15) is 27.7 Å². The minimum atomic E-state index is -1.08. The molecule has 0 aromatic heterocycles. The maximum atomic E-state index is 9.00. The van der Waals surface area contributed by atoms with Gasteiger partial charge in [-0.05, 0) is 6.92 Å². The normalized spacial score (nSPS) is 5.56. The summed E-state index contributed by atoms with van der Waals surface area (Å²) in [5, 5.41) is 31.1. The molecule has 0 aromatic rings. The van der Waals surface area contributed by atoms with Crippen LogP contribution in [0.25, 0.3) is 0 Å². The van der Waals surface area contributed by atoms with E-state index < -0.39 is 23.9 Å². The molecule has 0 rings (SSSR count). The Kier molecular flexibility index (Phi) is 60.0. The van der Waals surface area contributed by atoms with Crippen LogP contribution in [-0.4, -0.2) is 39.2 Å². The first-order chi connectivity index (χ1) is 6.93. The number of carboxylic acid groups (broad SMARTS) is 4. The van der Waals surface area contributed by atoms with Crippen LogP contribution in [0, 0.1) is 0 Å². The molecule has 0 heterocycles. The zero-order valence-electron chi connectivity index (χ0n) is 11.1. The molecular formula is C8H18KNO8. The average Bonchev–Trinajstić information content (AvgIpc) is 1.76. The summed E-state index contributed by atoms with van der Waals surface area (Å²) in [6.07, 6.45) is 0. The van der Waals surface area contributed by atoms with Gasteiger partial charge in [0.25, 0.3) is 17.9 Å². The molecule has 0 aromatic carbocycles. The molecule has 104 valence electrons. The van der Waals surface area contributed by atoms with Gasteiger partial charge in [-0.2, -0.15) is 0 Å². The van der Waals surface area contributed by atoms with Gasteiger partial charge in [-0.15, -0.1) is 0 Å². The van der Waals surface area contributed by atoms with Crippen LogP contribution in [0.5, 0.6) is 0 Å². The number of hydrogen-bond acceptors (Lipinski definition) is 6. The Balaban J connectivity index is -0.0000000257. The zero-order valence-corrected chi connectivity index (χ0v) is 14.2. The largest absolute Gasteiger partial charge is 1.00 e. The van der Waals surface area contributed by atoms with Crippen molar-refractivity contribution in [2.45, 2.75) is 27.7 Å². The van der Waals surface area contributed by atoms with E-state index in [9.17, 15) is 0 Å². The second-order valence-corrected chi connectivity index (χ2v) is 2.05. The summed E-state index contributed by atoms with van der Waals surface area (Å²) >= 11 is 0. The molecule has 0 bridgehead atoms. The Labute approximate surface area is 147 Å². The molecule has 9 nitrogen and oxygen atoms in total. The van der Waals surface area contributed by atoms with E-state index >= 15 is 0 Å². The Morgan fingerprint density at radius 3 is 0.722 bits per heavy atom. The van der Waals surface area contributed by atoms with E-state index in [-0.39, 0.29) is 57.5 Å². The molecule has 0 aliphatic carbocycles. The van der Waals surface area contributed by atoms with Gasteiger partial charge in [-0.1, -0.05) is 0 Å². The fraction of sp³-hybridized carbons (Fsp3) is 0.500. The van der Waals surface area contributed by atoms with E-state index in [4.69, 9.17) is 39.6 Å². The first kappa shape index (κ1) is 36.0. The molecule has 0 aliphatic heterocycles. The van der Waals surface area contributed by atoms with Gasteiger partial charge in [-0.3, -0.25) is 14.4 Å². The molecule has 0 aliphatic rings. The zero-order chi connectivity index (χ0) is 14.3. The molecule has 10 heteroatoms. The number of hydrogen-bond donors (Lipinski definition) is 4. The average molecular weight is 295 g/mol. The quantitative estimate of drug-likeness (QED) is 0.325. The van der Waals surface area contributed by atoms with Crippen molar-refractivity contribution in [2.75, 3.05) is 0 Å². The molecule has 0 saturated heterocycles. The molecule has 18 heavy (non-hydrogen) atoms. The predicted molar refractivity (Wildman–Crippen MR) is 55.6 cm³/mol. The first-order valence-corrected chi connectivity index (χ1v) is 3.69. The molecule has 0 radical (unpaired) electrons. The minimum Gasteiger partial charge on any atom is -0.550 e. The summed E-state index contributed by atoms with van der Waals surface area (Å²) in [6.45, 7) is 4.22. The van der Waals surface area contributed by atoms with Gasteiger partial charge in [0.2, 0.25) is 0 Å². The molecular weight excluding hydrogens is 277 g/mol. The van der Waals surface area contributed by atoms with Gasteiger partial charge in [-0.25, -0.2) is 0 Å². The third-order valence-corrected chi connectivity index (χ3v) is 0. The molecule has 0 unspecified atom stereocenters. The number of carboxylic acids is 4. The Bertz CT molecular complexity index is 167. The van der Waals surface area contributed by atoms with Gasteiger partial charge >= 0.3 is 51.4 Å². The maximum absolute atomic E-state index is 9.00. The van der Waals surface area contributed by atoms with Crippen molar-refractivity contribution in [2.24, 2.45) is 0 Å². The Morgan fingerprint density at radius 2 is 0.722 bits per heavy atom. The van der Waals surface area contributed by atoms with Crippen LogP contribution < -0.4 is 62.6 Å². The molecule has 6 N–H and O–H groups in total. The van der Waals surface area contributed by atoms with E-state index in [0.717, 1.165) is 27.7 Å². The van der Waals surface area contributed by atoms with E-state index in [1.54, 1.807) is 0 Å². The summed E-state index contributed by atoms with van der Waals surface area (Å²) in [4.78, 5) is 35.9. The second kappa shape index (κ2) is 30.0. The maximum Gasteiger partial charge on any atom is 1.00 e. The summed E-state index contributed by atoms with van der Waals surface area (Å²) in [7, 11) is 0. The van der Waals surface area contributed by atoms with Crippen molar-refractivity contribution in [1.29, 1.82) is 0 Å². The van der Waals surface area contributed by atoms with Crippen LogP contribution >= 0.6 is 0 Å². The fourth-order valence-electron chi connectivity index (χ4n) is 0. The molecule has 0 spiro atoms. The standard InChI is InChI=1S/4C2H4O2.K.H3N/c4*1-2(3)4;;/h4*1H3,(H,3,4);;1H3/q;;;;+1;/p-1. The fourth-order valence-corrected chi connectivity index (χ4v) is 0. The topological polar surface area (TPSA) is 187 Å². The molecule has 0 amide bonds. The SMILES string of the molecule is CC(=O)O.CC(=O)O.CC(=O)O.CC(=O)[O-].N.[K+]. The number of carbonyl (C=O) groups excluding carboxylic acids is 1. The Hall–Kier alpha value is -0.524. The summed E-state index contributed by atoms with van der Waals surface area (Å²) < 4.78 is 0. The summed E-state index contributed by atoms with van der Waals surface area (Å²) in [5.74, 6) is -3.58. The predicted octanol–water partition coefficient (Wildman–Crippen LogP) is -3.81. The molecule has 0 fully saturated rings. The monoisotopic (exact) mass is 295 g/mol. The minimum absolute atomic E-state index is 0. The van der Waals surface area contributed by atoms with Crippen molar-refractivity contribution in [1.82, 2.24) is 6.15 Å².